The highest BCUT2D eigenvalue weighted by Crippen LogP contribution is 2.34. The van der Waals surface area contributed by atoms with Gasteiger partial charge in [0.25, 0.3) is 0 Å². The first kappa shape index (κ1) is 15.1. The van der Waals surface area contributed by atoms with E-state index in [1.807, 2.05) is 0 Å². The van der Waals surface area contributed by atoms with Gasteiger partial charge in [-0.2, -0.15) is 4.72 Å². The maximum absolute atomic E-state index is 12.0. The standard InChI is InChI=1S/C8H10Cl2N2O2S3/c1-8(2,7(11)15)12-17(13,14)4-3-5(9)16-6(4)10/h3,12H,1-2H3,(H2,11,15). The summed E-state index contributed by atoms with van der Waals surface area (Å²) in [5.41, 5.74) is 4.41. The van der Waals surface area contributed by atoms with Gasteiger partial charge >= 0.3 is 0 Å². The second kappa shape index (κ2) is 4.99. The van der Waals surface area contributed by atoms with Crippen LogP contribution in [0, 0.1) is 0 Å². The number of halogens is 2. The van der Waals surface area contributed by atoms with Crippen LogP contribution in [0.2, 0.25) is 8.67 Å². The predicted octanol–water partition coefficient (Wildman–Crippen LogP) is 2.40. The zero-order valence-corrected chi connectivity index (χ0v) is 12.9. The van der Waals surface area contributed by atoms with Crippen LogP contribution in [-0.2, 0) is 10.0 Å². The molecule has 0 saturated carbocycles. The summed E-state index contributed by atoms with van der Waals surface area (Å²) in [4.78, 5) is -0.0305. The van der Waals surface area contributed by atoms with E-state index in [9.17, 15) is 8.42 Å². The minimum absolute atomic E-state index is 0.0403. The third-order valence-electron chi connectivity index (χ3n) is 1.92. The Morgan fingerprint density at radius 3 is 2.41 bits per heavy atom. The summed E-state index contributed by atoms with van der Waals surface area (Å²) < 4.78 is 26.8. The lowest BCUT2D eigenvalue weighted by Crippen LogP contribution is -2.51. The van der Waals surface area contributed by atoms with Crippen molar-refractivity contribution in [2.45, 2.75) is 24.3 Å². The molecule has 1 aromatic heterocycles. The SMILES string of the molecule is CC(C)(NS(=O)(=O)c1cc(Cl)sc1Cl)C(N)=S. The monoisotopic (exact) mass is 332 g/mol. The first-order valence-corrected chi connectivity index (χ1v) is 7.81. The second-order valence-electron chi connectivity index (χ2n) is 3.78. The molecular formula is C8H10Cl2N2O2S3. The summed E-state index contributed by atoms with van der Waals surface area (Å²) in [5, 5.41) is 0. The number of nitrogens with one attached hydrogen (secondary N) is 1. The van der Waals surface area contributed by atoms with E-state index < -0.39 is 15.6 Å². The van der Waals surface area contributed by atoms with Crippen LogP contribution in [-0.4, -0.2) is 18.9 Å². The van der Waals surface area contributed by atoms with Crippen molar-refractivity contribution in [2.75, 3.05) is 0 Å². The summed E-state index contributed by atoms with van der Waals surface area (Å²) in [6.07, 6.45) is 0. The van der Waals surface area contributed by atoms with Crippen LogP contribution in [0.15, 0.2) is 11.0 Å². The number of hydrogen-bond donors (Lipinski definition) is 2. The Labute approximate surface area is 119 Å². The fourth-order valence-electron chi connectivity index (χ4n) is 0.950. The number of thiophene rings is 1. The summed E-state index contributed by atoms with van der Waals surface area (Å²) >= 11 is 17.2. The van der Waals surface area contributed by atoms with Gasteiger partial charge in [-0.25, -0.2) is 8.42 Å². The molecule has 1 heterocycles. The first-order valence-electron chi connectivity index (χ1n) is 4.35. The summed E-state index contributed by atoms with van der Waals surface area (Å²) in [5.74, 6) is 0. The van der Waals surface area contributed by atoms with Crippen molar-refractivity contribution in [1.82, 2.24) is 4.72 Å². The highest BCUT2D eigenvalue weighted by atomic mass is 35.5. The third-order valence-corrected chi connectivity index (χ3v) is 5.84. The highest BCUT2D eigenvalue weighted by Gasteiger charge is 2.30. The number of sulfonamides is 1. The van der Waals surface area contributed by atoms with Crippen molar-refractivity contribution in [3.63, 3.8) is 0 Å². The topological polar surface area (TPSA) is 72.2 Å². The molecule has 0 radical (unpaired) electrons. The van der Waals surface area contributed by atoms with E-state index in [0.29, 0.717) is 4.34 Å². The van der Waals surface area contributed by atoms with Crippen LogP contribution in [0.3, 0.4) is 0 Å². The van der Waals surface area contributed by atoms with Crippen LogP contribution in [0.4, 0.5) is 0 Å². The minimum atomic E-state index is -3.80. The molecule has 17 heavy (non-hydrogen) atoms. The zero-order chi connectivity index (χ0) is 13.4. The molecule has 4 nitrogen and oxygen atoms in total. The van der Waals surface area contributed by atoms with E-state index in [0.717, 1.165) is 11.3 Å². The van der Waals surface area contributed by atoms with Crippen molar-refractivity contribution < 1.29 is 8.42 Å². The molecular weight excluding hydrogens is 323 g/mol. The molecule has 3 N–H and O–H groups in total. The lowest BCUT2D eigenvalue weighted by atomic mass is 10.1. The van der Waals surface area contributed by atoms with Gasteiger partial charge in [-0.1, -0.05) is 35.4 Å². The van der Waals surface area contributed by atoms with Crippen LogP contribution < -0.4 is 10.5 Å². The van der Waals surface area contributed by atoms with Gasteiger partial charge in [0.1, 0.15) is 9.23 Å². The maximum atomic E-state index is 12.0. The molecule has 1 aromatic rings. The summed E-state index contributed by atoms with van der Waals surface area (Å²) in [6.45, 7) is 3.13. The van der Waals surface area contributed by atoms with E-state index in [2.05, 4.69) is 4.72 Å². The fourth-order valence-corrected chi connectivity index (χ4v) is 4.61. The van der Waals surface area contributed by atoms with E-state index in [1.165, 1.54) is 6.07 Å². The molecule has 1 rings (SSSR count). The molecule has 9 heteroatoms. The van der Waals surface area contributed by atoms with Crippen molar-refractivity contribution in [3.05, 3.63) is 14.7 Å². The van der Waals surface area contributed by atoms with Gasteiger partial charge in [0.15, 0.2) is 0 Å². The average Bonchev–Trinajstić information content (AvgIpc) is 2.43. The molecule has 0 spiro atoms. The molecule has 0 amide bonds. The number of rotatable bonds is 4. The van der Waals surface area contributed by atoms with Crippen LogP contribution in [0.1, 0.15) is 13.8 Å². The Morgan fingerprint density at radius 1 is 1.53 bits per heavy atom. The predicted molar refractivity (Wildman–Crippen MR) is 75.5 cm³/mol. The molecule has 0 atom stereocenters. The zero-order valence-electron chi connectivity index (χ0n) is 8.95. The fraction of sp³-hybridized carbons (Fsp3) is 0.375. The van der Waals surface area contributed by atoms with Crippen LogP contribution in [0.5, 0.6) is 0 Å². The molecule has 0 fully saturated rings. The highest BCUT2D eigenvalue weighted by molar-refractivity contribution is 7.90. The van der Waals surface area contributed by atoms with E-state index >= 15 is 0 Å². The first-order chi connectivity index (χ1) is 7.56. The van der Waals surface area contributed by atoms with Crippen molar-refractivity contribution in [1.29, 1.82) is 0 Å². The Morgan fingerprint density at radius 2 is 2.06 bits per heavy atom. The summed E-state index contributed by atoms with van der Waals surface area (Å²) in [7, 11) is -3.80. The molecule has 96 valence electrons. The quantitative estimate of drug-likeness (QED) is 0.830. The average molecular weight is 333 g/mol. The van der Waals surface area contributed by atoms with Gasteiger partial charge in [0.2, 0.25) is 10.0 Å². The Hall–Kier alpha value is 0.0800. The van der Waals surface area contributed by atoms with Crippen molar-refractivity contribution >= 4 is 61.8 Å². The van der Waals surface area contributed by atoms with Gasteiger partial charge in [0, 0.05) is 0 Å². The van der Waals surface area contributed by atoms with Crippen molar-refractivity contribution in [2.24, 2.45) is 5.73 Å². The van der Waals surface area contributed by atoms with Gasteiger partial charge in [-0.05, 0) is 19.9 Å². The maximum Gasteiger partial charge on any atom is 0.243 e. The van der Waals surface area contributed by atoms with Gasteiger partial charge in [0.05, 0.1) is 14.9 Å². The third kappa shape index (κ3) is 3.52. The smallest absolute Gasteiger partial charge is 0.243 e. The molecule has 0 aromatic carbocycles. The van der Waals surface area contributed by atoms with Gasteiger partial charge < -0.3 is 5.73 Å². The van der Waals surface area contributed by atoms with Crippen molar-refractivity contribution in [3.8, 4) is 0 Å². The lowest BCUT2D eigenvalue weighted by Gasteiger charge is -2.24. The number of thiocarbonyl (C=S) groups is 1. The summed E-state index contributed by atoms with van der Waals surface area (Å²) in [6, 6.07) is 1.28. The minimum Gasteiger partial charge on any atom is -0.392 e. The molecule has 0 aliphatic heterocycles. The van der Waals surface area contributed by atoms with E-state index in [-0.39, 0.29) is 14.2 Å². The van der Waals surface area contributed by atoms with Gasteiger partial charge in [-0.15, -0.1) is 11.3 Å². The lowest BCUT2D eigenvalue weighted by molar-refractivity contribution is 0.546. The number of hydrogen-bond acceptors (Lipinski definition) is 4. The molecule has 0 saturated heterocycles. The normalized spacial score (nSPS) is 12.7. The van der Waals surface area contributed by atoms with Gasteiger partial charge in [-0.3, -0.25) is 0 Å². The van der Waals surface area contributed by atoms with E-state index in [1.54, 1.807) is 13.8 Å². The molecule has 0 bridgehead atoms. The number of nitrogens with two attached hydrogens (primary N) is 1. The Bertz CT molecular complexity index is 551. The van der Waals surface area contributed by atoms with E-state index in [4.69, 9.17) is 41.2 Å². The Balaban J connectivity index is 3.14. The second-order valence-corrected chi connectivity index (χ2v) is 8.16. The van der Waals surface area contributed by atoms with Crippen LogP contribution >= 0.6 is 46.8 Å². The molecule has 0 aliphatic rings. The Kier molecular flexibility index (Phi) is 4.44. The molecule has 0 aliphatic carbocycles. The molecule has 0 unspecified atom stereocenters. The van der Waals surface area contributed by atoms with Crippen LogP contribution in [0.25, 0.3) is 0 Å². The largest absolute Gasteiger partial charge is 0.392 e.